The van der Waals surface area contributed by atoms with Crippen LogP contribution in [-0.2, 0) is 23.8 Å². The summed E-state index contributed by atoms with van der Waals surface area (Å²) < 4.78 is 15.0. The van der Waals surface area contributed by atoms with Crippen LogP contribution in [0, 0.1) is 0 Å². The molecule has 2 fully saturated rings. The maximum atomic E-state index is 11.8. The van der Waals surface area contributed by atoms with Gasteiger partial charge in [0.1, 0.15) is 19.3 Å². The first-order valence-corrected chi connectivity index (χ1v) is 17.7. The Hall–Kier alpha value is 0.220. The second kappa shape index (κ2) is 17.6. The summed E-state index contributed by atoms with van der Waals surface area (Å²) in [6, 6.07) is 0. The number of hydrogen-bond acceptors (Lipinski definition) is 10. The molecule has 0 aromatic rings. The normalized spacial score (nSPS) is 27.4. The van der Waals surface area contributed by atoms with Gasteiger partial charge in [0.25, 0.3) is 0 Å². The minimum Gasteiger partial charge on any atom is -0.463 e. The minimum absolute atomic E-state index is 0.000373. The zero-order valence-corrected chi connectivity index (χ0v) is 23.7. The number of unbranched alkanes of at least 4 members (excludes halogenated alkanes) is 2. The molecular weight excluding hydrogens is 517 g/mol. The number of aliphatic hydroxyl groups is 2. The van der Waals surface area contributed by atoms with E-state index in [2.05, 4.69) is 10.8 Å². The number of aliphatic hydroxyl groups excluding tert-OH is 2. The monoisotopic (exact) mass is 558 g/mol. The number of carbonyl (C=O) groups excluding carboxylic acids is 2. The summed E-state index contributed by atoms with van der Waals surface area (Å²) in [7, 11) is 7.78. The van der Waals surface area contributed by atoms with Crippen molar-refractivity contribution in [2.24, 2.45) is 0 Å². The predicted octanol–water partition coefficient (Wildman–Crippen LogP) is 4.14. The summed E-state index contributed by atoms with van der Waals surface area (Å²) in [6.45, 7) is 1.87. The molecule has 2 aliphatic rings. The van der Waals surface area contributed by atoms with Crippen LogP contribution in [0.1, 0.15) is 64.7 Å². The molecule has 6 unspecified atom stereocenters. The second-order valence-electron chi connectivity index (χ2n) is 8.96. The van der Waals surface area contributed by atoms with Gasteiger partial charge in [0.2, 0.25) is 0 Å². The van der Waals surface area contributed by atoms with E-state index in [1.54, 1.807) is 6.92 Å². The molecule has 0 bridgehead atoms. The summed E-state index contributed by atoms with van der Waals surface area (Å²) in [5.41, 5.74) is 0. The van der Waals surface area contributed by atoms with Crippen LogP contribution in [0.5, 0.6) is 0 Å². The van der Waals surface area contributed by atoms with Gasteiger partial charge < -0.3 is 24.4 Å². The number of rotatable bonds is 17. The molecule has 200 valence electrons. The van der Waals surface area contributed by atoms with Crippen molar-refractivity contribution in [1.29, 1.82) is 0 Å². The van der Waals surface area contributed by atoms with Crippen molar-refractivity contribution in [1.82, 2.24) is 0 Å². The molecule has 2 saturated heterocycles. The summed E-state index contributed by atoms with van der Waals surface area (Å²) in [5, 5.41) is 20.9. The number of thiol groups is 1. The van der Waals surface area contributed by atoms with Gasteiger partial charge in [-0.25, -0.2) is 0 Å². The van der Waals surface area contributed by atoms with Crippen LogP contribution >= 0.6 is 42.3 Å². The average molecular weight is 559 g/mol. The van der Waals surface area contributed by atoms with E-state index >= 15 is 0 Å². The van der Waals surface area contributed by atoms with Gasteiger partial charge in [0, 0.05) is 41.5 Å². The molecule has 0 spiro atoms. The van der Waals surface area contributed by atoms with Crippen molar-refractivity contribution in [2.75, 3.05) is 38.4 Å². The number of methoxy groups -OCH3 is 1. The predicted molar refractivity (Wildman–Crippen MR) is 146 cm³/mol. The van der Waals surface area contributed by atoms with Gasteiger partial charge in [-0.05, 0) is 44.8 Å². The molecule has 11 heteroatoms. The van der Waals surface area contributed by atoms with Gasteiger partial charge in [0.05, 0.1) is 12.7 Å². The molecule has 6 atom stereocenters. The number of esters is 2. The van der Waals surface area contributed by atoms with Crippen molar-refractivity contribution < 1.29 is 34.0 Å². The van der Waals surface area contributed by atoms with Crippen molar-refractivity contribution >= 4 is 54.2 Å². The smallest absolute Gasteiger partial charge is 0.305 e. The van der Waals surface area contributed by atoms with Crippen LogP contribution in [0.25, 0.3) is 0 Å². The SMILES string of the molecule is COCC(O)COC(=O)CCCCC1SSCC1[SH]1CCC(CCCCC(=O)OCC(C)O)S1. The Labute approximate surface area is 218 Å². The Morgan fingerprint density at radius 3 is 2.35 bits per heavy atom. The molecule has 0 saturated carbocycles. The number of hydrogen-bond donors (Lipinski definition) is 3. The zero-order valence-electron chi connectivity index (χ0n) is 20.4. The van der Waals surface area contributed by atoms with E-state index in [0.29, 0.717) is 18.1 Å². The molecule has 0 radical (unpaired) electrons. The van der Waals surface area contributed by atoms with Gasteiger partial charge in [-0.3, -0.25) is 9.59 Å². The Kier molecular flexibility index (Phi) is 15.8. The molecule has 2 heterocycles. The Morgan fingerprint density at radius 2 is 1.68 bits per heavy atom. The van der Waals surface area contributed by atoms with E-state index in [0.717, 1.165) is 42.6 Å². The summed E-state index contributed by atoms with van der Waals surface area (Å²) >= 11 is 0. The fourth-order valence-corrected chi connectivity index (χ4v) is 16.0. The van der Waals surface area contributed by atoms with Gasteiger partial charge in [-0.15, -0.1) is 10.8 Å². The molecule has 2 aliphatic heterocycles. The van der Waals surface area contributed by atoms with Gasteiger partial charge in [-0.1, -0.05) is 34.4 Å². The lowest BCUT2D eigenvalue weighted by Crippen LogP contribution is -2.23. The van der Waals surface area contributed by atoms with Gasteiger partial charge in [0.15, 0.2) is 0 Å². The van der Waals surface area contributed by atoms with Crippen LogP contribution in [-0.4, -0.2) is 88.5 Å². The third-order valence-corrected chi connectivity index (χ3v) is 15.3. The first-order chi connectivity index (χ1) is 16.4. The van der Waals surface area contributed by atoms with Crippen LogP contribution < -0.4 is 0 Å². The Bertz CT molecular complexity index is 596. The number of carbonyl (C=O) groups is 2. The van der Waals surface area contributed by atoms with Crippen molar-refractivity contribution in [2.45, 2.75) is 92.7 Å². The largest absolute Gasteiger partial charge is 0.463 e. The summed E-state index contributed by atoms with van der Waals surface area (Å²) in [6.07, 6.45) is 6.90. The third-order valence-electron chi connectivity index (χ3n) is 5.74. The van der Waals surface area contributed by atoms with Gasteiger partial charge in [-0.2, -0.15) is 9.93 Å². The van der Waals surface area contributed by atoms with E-state index in [1.165, 1.54) is 31.5 Å². The Morgan fingerprint density at radius 1 is 1.00 bits per heavy atom. The average Bonchev–Trinajstić information content (AvgIpc) is 3.46. The number of ether oxygens (including phenoxy) is 3. The highest BCUT2D eigenvalue weighted by Crippen LogP contribution is 2.62. The lowest BCUT2D eigenvalue weighted by molar-refractivity contribution is -0.148. The zero-order chi connectivity index (χ0) is 24.8. The molecule has 7 nitrogen and oxygen atoms in total. The molecule has 0 amide bonds. The highest BCUT2D eigenvalue weighted by atomic mass is 33.1. The maximum Gasteiger partial charge on any atom is 0.305 e. The van der Waals surface area contributed by atoms with E-state index in [9.17, 15) is 19.8 Å². The molecule has 0 aliphatic carbocycles. The van der Waals surface area contributed by atoms with E-state index in [-0.39, 0.29) is 41.7 Å². The highest BCUT2D eigenvalue weighted by Gasteiger charge is 2.37. The molecule has 34 heavy (non-hydrogen) atoms. The van der Waals surface area contributed by atoms with E-state index in [1.807, 2.05) is 21.6 Å². The first kappa shape index (κ1) is 30.4. The maximum absolute atomic E-state index is 11.8. The molecule has 2 N–H and O–H groups in total. The van der Waals surface area contributed by atoms with Crippen LogP contribution in [0.4, 0.5) is 0 Å². The first-order valence-electron chi connectivity index (χ1n) is 12.3. The van der Waals surface area contributed by atoms with Crippen molar-refractivity contribution in [3.05, 3.63) is 0 Å². The van der Waals surface area contributed by atoms with Crippen molar-refractivity contribution in [3.63, 3.8) is 0 Å². The molecule has 2 rings (SSSR count). The van der Waals surface area contributed by atoms with Crippen LogP contribution in [0.3, 0.4) is 0 Å². The van der Waals surface area contributed by atoms with Gasteiger partial charge >= 0.3 is 11.9 Å². The molecular formula is C23H42O7S4. The van der Waals surface area contributed by atoms with E-state index < -0.39 is 12.2 Å². The van der Waals surface area contributed by atoms with E-state index in [4.69, 9.17) is 14.2 Å². The van der Waals surface area contributed by atoms with Crippen molar-refractivity contribution in [3.8, 4) is 0 Å². The molecule has 0 aromatic carbocycles. The topological polar surface area (TPSA) is 102 Å². The standard InChI is InChI=1S/C23H42O7S4/c1-17(24)13-29-22(26)9-5-3-7-19-11-12-34(33-19)21-16-31-32-20(21)8-4-6-10-23(27)30-15-18(25)14-28-2/h17-21,24-25,34H,3-16H2,1-2H3. The lowest BCUT2D eigenvalue weighted by atomic mass is 10.1. The quantitative estimate of drug-likeness (QED) is 0.104. The van der Waals surface area contributed by atoms with Crippen LogP contribution in [0.15, 0.2) is 0 Å². The fraction of sp³-hybridized carbons (Fsp3) is 0.913. The second-order valence-corrected chi connectivity index (χ2v) is 16.5. The minimum atomic E-state index is -0.756. The lowest BCUT2D eigenvalue weighted by Gasteiger charge is -2.27. The third kappa shape index (κ3) is 12.5. The fourth-order valence-electron chi connectivity index (χ4n) is 3.93. The highest BCUT2D eigenvalue weighted by molar-refractivity contribution is 8.87. The Balaban J connectivity index is 1.56. The molecule has 0 aromatic heterocycles. The summed E-state index contributed by atoms with van der Waals surface area (Å²) in [5.74, 6) is 2.14. The summed E-state index contributed by atoms with van der Waals surface area (Å²) in [4.78, 5) is 23.5. The van der Waals surface area contributed by atoms with Crippen LogP contribution in [0.2, 0.25) is 0 Å².